The van der Waals surface area contributed by atoms with E-state index in [1.807, 2.05) is 48.6 Å². The van der Waals surface area contributed by atoms with Crippen LogP contribution in [0.2, 0.25) is 0 Å². The molecule has 0 spiro atoms. The highest BCUT2D eigenvalue weighted by atomic mass is 16.2. The van der Waals surface area contributed by atoms with E-state index >= 15 is 0 Å². The average Bonchev–Trinajstić information content (AvgIpc) is 3.27. The summed E-state index contributed by atoms with van der Waals surface area (Å²) < 4.78 is 2.14. The van der Waals surface area contributed by atoms with Crippen molar-refractivity contribution in [1.82, 2.24) is 29.4 Å². The summed E-state index contributed by atoms with van der Waals surface area (Å²) in [6.45, 7) is 3.62. The zero-order valence-corrected chi connectivity index (χ0v) is 17.2. The molecule has 1 unspecified atom stereocenters. The highest BCUT2D eigenvalue weighted by Gasteiger charge is 2.32. The predicted molar refractivity (Wildman–Crippen MR) is 115 cm³/mol. The van der Waals surface area contributed by atoms with Crippen LogP contribution in [0.15, 0.2) is 73.6 Å². The maximum atomic E-state index is 13.2. The van der Waals surface area contributed by atoms with Gasteiger partial charge in [-0.15, -0.1) is 0 Å². The van der Waals surface area contributed by atoms with E-state index in [0.29, 0.717) is 25.3 Å². The molecule has 0 saturated carbocycles. The summed E-state index contributed by atoms with van der Waals surface area (Å²) in [7, 11) is 0. The fourth-order valence-corrected chi connectivity index (χ4v) is 4.10. The number of nitrogens with zero attached hydrogens (tertiary/aromatic N) is 6. The van der Waals surface area contributed by atoms with Crippen LogP contribution < -0.4 is 0 Å². The van der Waals surface area contributed by atoms with Crippen LogP contribution in [0.1, 0.15) is 44.6 Å². The molecule has 1 atom stereocenters. The second kappa shape index (κ2) is 8.10. The number of pyridine rings is 1. The van der Waals surface area contributed by atoms with E-state index in [1.165, 1.54) is 5.56 Å². The van der Waals surface area contributed by atoms with Crippen LogP contribution in [-0.2, 0) is 13.1 Å². The molecule has 7 nitrogen and oxygen atoms in total. The normalized spacial score (nSPS) is 15.5. The van der Waals surface area contributed by atoms with Crippen LogP contribution in [0.25, 0.3) is 0 Å². The van der Waals surface area contributed by atoms with Crippen LogP contribution in [-0.4, -0.2) is 41.9 Å². The minimum Gasteiger partial charge on any atom is -0.332 e. The van der Waals surface area contributed by atoms with E-state index in [4.69, 9.17) is 0 Å². The van der Waals surface area contributed by atoms with Gasteiger partial charge in [-0.25, -0.2) is 9.97 Å². The molecule has 31 heavy (non-hydrogen) atoms. The summed E-state index contributed by atoms with van der Waals surface area (Å²) in [6, 6.07) is 12.3. The number of rotatable bonds is 4. The molecule has 3 aromatic heterocycles. The van der Waals surface area contributed by atoms with Gasteiger partial charge in [0.15, 0.2) is 0 Å². The number of carbonyl (C=O) groups excluding carboxylic acids is 1. The van der Waals surface area contributed by atoms with E-state index in [1.54, 1.807) is 18.6 Å². The largest absolute Gasteiger partial charge is 0.332 e. The summed E-state index contributed by atoms with van der Waals surface area (Å²) in [5, 5.41) is 0. The molecule has 1 aromatic carbocycles. The molecule has 1 aliphatic rings. The Morgan fingerprint density at radius 3 is 2.74 bits per heavy atom. The summed E-state index contributed by atoms with van der Waals surface area (Å²) >= 11 is 0. The first kappa shape index (κ1) is 19.1. The lowest BCUT2D eigenvalue weighted by Gasteiger charge is -2.34. The van der Waals surface area contributed by atoms with E-state index < -0.39 is 0 Å². The molecule has 0 radical (unpaired) electrons. The number of benzene rings is 1. The second-order valence-electron chi connectivity index (χ2n) is 7.75. The monoisotopic (exact) mass is 410 g/mol. The van der Waals surface area contributed by atoms with Crippen molar-refractivity contribution < 1.29 is 4.79 Å². The average molecular weight is 410 g/mol. The van der Waals surface area contributed by atoms with Crippen LogP contribution in [0, 0.1) is 6.92 Å². The molecule has 4 heterocycles. The first-order chi connectivity index (χ1) is 15.2. The smallest absolute Gasteiger partial charge is 0.274 e. The van der Waals surface area contributed by atoms with Crippen molar-refractivity contribution in [1.29, 1.82) is 0 Å². The highest BCUT2D eigenvalue weighted by molar-refractivity contribution is 5.92. The van der Waals surface area contributed by atoms with Crippen molar-refractivity contribution in [2.24, 2.45) is 0 Å². The van der Waals surface area contributed by atoms with E-state index in [9.17, 15) is 4.79 Å². The third-order valence-corrected chi connectivity index (χ3v) is 5.62. The molecular weight excluding hydrogens is 388 g/mol. The number of imidazole rings is 1. The quantitative estimate of drug-likeness (QED) is 0.516. The minimum absolute atomic E-state index is 0.0287. The molecule has 0 bridgehead atoms. The minimum atomic E-state index is -0.114. The third kappa shape index (κ3) is 3.82. The Morgan fingerprint density at radius 1 is 1.03 bits per heavy atom. The molecule has 0 aliphatic carbocycles. The fourth-order valence-electron chi connectivity index (χ4n) is 4.10. The maximum absolute atomic E-state index is 13.2. The van der Waals surface area contributed by atoms with Gasteiger partial charge in [0.1, 0.15) is 11.5 Å². The predicted octanol–water partition coefficient (Wildman–Crippen LogP) is 3.21. The number of aryl methyl sites for hydroxylation is 1. The standard InChI is InChI=1S/C24H22N6O/c1-17-11-28-22(13-27-17)24(31)30-15-19-6-2-3-7-20(19)21(16-30)23-26-9-10-29(23)14-18-5-4-8-25-12-18/h2-13,21H,14-16H2,1H3. The SMILES string of the molecule is Cc1cnc(C(=O)N2Cc3ccccc3C(c3nccn3Cc3cccnc3)C2)cn1. The van der Waals surface area contributed by atoms with Gasteiger partial charge in [0, 0.05) is 44.1 Å². The van der Waals surface area contributed by atoms with E-state index in [-0.39, 0.29) is 11.8 Å². The summed E-state index contributed by atoms with van der Waals surface area (Å²) in [5.74, 6) is 0.792. The van der Waals surface area contributed by atoms with Crippen LogP contribution in [0.4, 0.5) is 0 Å². The zero-order valence-electron chi connectivity index (χ0n) is 17.2. The van der Waals surface area contributed by atoms with Gasteiger partial charge in [-0.05, 0) is 29.7 Å². The molecule has 5 rings (SSSR count). The van der Waals surface area contributed by atoms with E-state index in [2.05, 4.69) is 42.7 Å². The summed E-state index contributed by atoms with van der Waals surface area (Å²) in [4.78, 5) is 32.5. The number of hydrogen-bond acceptors (Lipinski definition) is 5. The molecule has 7 heteroatoms. The Hall–Kier alpha value is -3.87. The lowest BCUT2D eigenvalue weighted by Crippen LogP contribution is -2.39. The molecule has 0 fully saturated rings. The first-order valence-corrected chi connectivity index (χ1v) is 10.2. The molecule has 0 saturated heterocycles. The van der Waals surface area contributed by atoms with E-state index in [0.717, 1.165) is 22.6 Å². The Balaban J connectivity index is 1.49. The second-order valence-corrected chi connectivity index (χ2v) is 7.75. The Labute approximate surface area is 180 Å². The first-order valence-electron chi connectivity index (χ1n) is 10.2. The Morgan fingerprint density at radius 2 is 1.94 bits per heavy atom. The number of amides is 1. The van der Waals surface area contributed by atoms with Gasteiger partial charge >= 0.3 is 0 Å². The van der Waals surface area contributed by atoms with Gasteiger partial charge in [-0.1, -0.05) is 30.3 Å². The Bertz CT molecular complexity index is 1200. The van der Waals surface area contributed by atoms with Crippen molar-refractivity contribution in [2.45, 2.75) is 25.9 Å². The zero-order chi connectivity index (χ0) is 21.2. The highest BCUT2D eigenvalue weighted by Crippen LogP contribution is 2.33. The number of hydrogen-bond donors (Lipinski definition) is 0. The third-order valence-electron chi connectivity index (χ3n) is 5.62. The van der Waals surface area contributed by atoms with Crippen molar-refractivity contribution in [2.75, 3.05) is 6.54 Å². The topological polar surface area (TPSA) is 76.8 Å². The van der Waals surface area contributed by atoms with Gasteiger partial charge in [-0.2, -0.15) is 0 Å². The van der Waals surface area contributed by atoms with Crippen molar-refractivity contribution in [3.05, 3.63) is 107 Å². The molecule has 4 aromatic rings. The van der Waals surface area contributed by atoms with Crippen molar-refractivity contribution in [3.63, 3.8) is 0 Å². The van der Waals surface area contributed by atoms with Gasteiger partial charge in [0.2, 0.25) is 0 Å². The van der Waals surface area contributed by atoms with Gasteiger partial charge in [0.25, 0.3) is 5.91 Å². The Kier molecular flexibility index (Phi) is 5.00. The molecule has 1 aliphatic heterocycles. The van der Waals surface area contributed by atoms with Gasteiger partial charge < -0.3 is 9.47 Å². The van der Waals surface area contributed by atoms with Crippen LogP contribution in [0.5, 0.6) is 0 Å². The van der Waals surface area contributed by atoms with Crippen LogP contribution >= 0.6 is 0 Å². The van der Waals surface area contributed by atoms with Crippen LogP contribution in [0.3, 0.4) is 0 Å². The van der Waals surface area contributed by atoms with Crippen molar-refractivity contribution >= 4 is 5.91 Å². The lowest BCUT2D eigenvalue weighted by atomic mass is 9.88. The van der Waals surface area contributed by atoms with Gasteiger partial charge in [0.05, 0.1) is 24.4 Å². The molecule has 1 amide bonds. The van der Waals surface area contributed by atoms with Gasteiger partial charge in [-0.3, -0.25) is 14.8 Å². The number of fused-ring (bicyclic) bond motifs is 1. The summed E-state index contributed by atoms with van der Waals surface area (Å²) in [6.07, 6.45) is 10.6. The summed E-state index contributed by atoms with van der Waals surface area (Å²) in [5.41, 5.74) is 4.59. The number of aromatic nitrogens is 5. The number of carbonyl (C=O) groups is 1. The molecule has 154 valence electrons. The molecule has 0 N–H and O–H groups in total. The van der Waals surface area contributed by atoms with Crippen molar-refractivity contribution in [3.8, 4) is 0 Å². The fraction of sp³-hybridized carbons (Fsp3) is 0.208. The lowest BCUT2D eigenvalue weighted by molar-refractivity contribution is 0.0716. The maximum Gasteiger partial charge on any atom is 0.274 e. The molecular formula is C24H22N6O.